The van der Waals surface area contributed by atoms with Gasteiger partial charge in [0.05, 0.1) is 5.52 Å². The molecular formula is C20H24N4O2. The lowest BCUT2D eigenvalue weighted by atomic mass is 9.70. The Kier molecular flexibility index (Phi) is 4.05. The van der Waals surface area contributed by atoms with Crippen molar-refractivity contribution in [2.75, 3.05) is 13.6 Å². The lowest BCUT2D eigenvalue weighted by molar-refractivity contribution is -0.132. The van der Waals surface area contributed by atoms with Crippen molar-refractivity contribution < 1.29 is 9.59 Å². The van der Waals surface area contributed by atoms with E-state index in [1.807, 2.05) is 38.4 Å². The van der Waals surface area contributed by atoms with Crippen molar-refractivity contribution in [2.24, 2.45) is 12.5 Å². The second-order valence-corrected chi connectivity index (χ2v) is 7.39. The summed E-state index contributed by atoms with van der Waals surface area (Å²) in [5, 5.41) is 8.37. The van der Waals surface area contributed by atoms with Crippen molar-refractivity contribution in [1.29, 1.82) is 0 Å². The van der Waals surface area contributed by atoms with Crippen molar-refractivity contribution in [3.05, 3.63) is 41.7 Å². The Hall–Kier alpha value is -2.63. The molecule has 0 radical (unpaired) electrons. The van der Waals surface area contributed by atoms with Crippen LogP contribution in [0.2, 0.25) is 0 Å². The van der Waals surface area contributed by atoms with Gasteiger partial charge in [-0.05, 0) is 31.7 Å². The number of likely N-dealkylation sites (tertiary alicyclic amines) is 1. The molecule has 1 aromatic carbocycles. The van der Waals surface area contributed by atoms with Crippen LogP contribution in [0.5, 0.6) is 0 Å². The summed E-state index contributed by atoms with van der Waals surface area (Å²) in [4.78, 5) is 26.7. The van der Waals surface area contributed by atoms with Crippen LogP contribution in [0.4, 0.5) is 0 Å². The summed E-state index contributed by atoms with van der Waals surface area (Å²) in [5.41, 5.74) is 2.34. The van der Waals surface area contributed by atoms with Gasteiger partial charge in [-0.3, -0.25) is 14.3 Å². The number of fused-ring (bicyclic) bond motifs is 2. The molecular weight excluding hydrogens is 328 g/mol. The van der Waals surface area contributed by atoms with Gasteiger partial charge in [0.2, 0.25) is 5.91 Å². The van der Waals surface area contributed by atoms with Crippen LogP contribution in [0.3, 0.4) is 0 Å². The number of amides is 2. The Labute approximate surface area is 152 Å². The third-order valence-electron chi connectivity index (χ3n) is 5.85. The Morgan fingerprint density at radius 3 is 2.92 bits per heavy atom. The van der Waals surface area contributed by atoms with Crippen molar-refractivity contribution in [3.63, 3.8) is 0 Å². The van der Waals surface area contributed by atoms with E-state index >= 15 is 0 Å². The molecule has 2 aromatic rings. The maximum atomic E-state index is 12.8. The number of piperidine rings is 1. The first-order valence-corrected chi connectivity index (χ1v) is 9.19. The lowest BCUT2D eigenvalue weighted by Gasteiger charge is -2.46. The highest BCUT2D eigenvalue weighted by Gasteiger charge is 2.43. The molecule has 2 amide bonds. The highest BCUT2D eigenvalue weighted by Crippen LogP contribution is 2.45. The molecule has 2 aliphatic rings. The number of rotatable bonds is 3. The van der Waals surface area contributed by atoms with Crippen LogP contribution in [0.1, 0.15) is 42.6 Å². The Bertz CT molecular complexity index is 914. The van der Waals surface area contributed by atoms with Crippen LogP contribution in [0, 0.1) is 5.41 Å². The molecule has 136 valence electrons. The fourth-order valence-electron chi connectivity index (χ4n) is 4.40. The topological polar surface area (TPSA) is 67.2 Å². The number of carbonyl (C=O) groups excluding carboxylic acids is 2. The third-order valence-corrected chi connectivity index (χ3v) is 5.85. The number of aromatic nitrogens is 2. The van der Waals surface area contributed by atoms with E-state index in [1.54, 1.807) is 9.58 Å². The molecule has 1 N–H and O–H groups in total. The molecule has 6 nitrogen and oxygen atoms in total. The highest BCUT2D eigenvalue weighted by molar-refractivity contribution is 6.04. The average molecular weight is 352 g/mol. The smallest absolute Gasteiger partial charge is 0.272 e. The molecule has 1 aliphatic heterocycles. The summed E-state index contributed by atoms with van der Waals surface area (Å²) >= 11 is 0. The number of nitrogens with one attached hydrogen (secondary N) is 1. The van der Waals surface area contributed by atoms with Gasteiger partial charge in [-0.25, -0.2) is 0 Å². The molecule has 1 atom stereocenters. The SMILES string of the molecule is CN1C(=O)CCC2(CNC(=O)c3nn(C)c4ccccc34)CCCC=C12. The third kappa shape index (κ3) is 2.60. The molecule has 1 saturated heterocycles. The number of allylic oxidation sites excluding steroid dienone is 1. The average Bonchev–Trinajstić information content (AvgIpc) is 3.00. The van der Waals surface area contributed by atoms with Crippen molar-refractivity contribution in [2.45, 2.75) is 32.1 Å². The normalized spacial score (nSPS) is 22.9. The van der Waals surface area contributed by atoms with Crippen LogP contribution < -0.4 is 5.32 Å². The minimum Gasteiger partial charge on any atom is -0.350 e. The fourth-order valence-corrected chi connectivity index (χ4v) is 4.40. The van der Waals surface area contributed by atoms with E-state index in [1.165, 1.54) is 0 Å². The van der Waals surface area contributed by atoms with Crippen LogP contribution in [-0.4, -0.2) is 40.1 Å². The van der Waals surface area contributed by atoms with E-state index < -0.39 is 0 Å². The number of para-hydroxylation sites is 1. The van der Waals surface area contributed by atoms with Crippen molar-refractivity contribution in [3.8, 4) is 0 Å². The first-order valence-electron chi connectivity index (χ1n) is 9.19. The molecule has 0 spiro atoms. The van der Waals surface area contributed by atoms with Gasteiger partial charge in [0.25, 0.3) is 5.91 Å². The summed E-state index contributed by atoms with van der Waals surface area (Å²) < 4.78 is 1.74. The highest BCUT2D eigenvalue weighted by atomic mass is 16.2. The molecule has 4 rings (SSSR count). The minimum atomic E-state index is -0.152. The minimum absolute atomic E-state index is 0.138. The summed E-state index contributed by atoms with van der Waals surface area (Å²) in [6.07, 6.45) is 6.59. The van der Waals surface area contributed by atoms with E-state index in [4.69, 9.17) is 0 Å². The van der Waals surface area contributed by atoms with E-state index in [2.05, 4.69) is 16.5 Å². The molecule has 1 aromatic heterocycles. The van der Waals surface area contributed by atoms with Gasteiger partial charge in [0.1, 0.15) is 0 Å². The summed E-state index contributed by atoms with van der Waals surface area (Å²) in [7, 11) is 3.70. The zero-order chi connectivity index (χ0) is 18.3. The number of hydrogen-bond donors (Lipinski definition) is 1. The van der Waals surface area contributed by atoms with Crippen molar-refractivity contribution in [1.82, 2.24) is 20.0 Å². The van der Waals surface area contributed by atoms with Gasteiger partial charge >= 0.3 is 0 Å². The van der Waals surface area contributed by atoms with E-state index in [0.717, 1.165) is 42.3 Å². The number of benzene rings is 1. The second-order valence-electron chi connectivity index (χ2n) is 7.39. The second kappa shape index (κ2) is 6.27. The van der Waals surface area contributed by atoms with Gasteiger partial charge < -0.3 is 10.2 Å². The van der Waals surface area contributed by atoms with Crippen LogP contribution in [0.15, 0.2) is 36.0 Å². The van der Waals surface area contributed by atoms with Crippen LogP contribution in [-0.2, 0) is 11.8 Å². The Balaban J connectivity index is 1.58. The number of hydrogen-bond acceptors (Lipinski definition) is 3. The van der Waals surface area contributed by atoms with Crippen LogP contribution >= 0.6 is 0 Å². The first kappa shape index (κ1) is 16.8. The standard InChI is InChI=1S/C20H24N4O2/c1-23-16-9-5-6-11-20(16,12-10-17(23)25)13-21-19(26)18-14-7-3-4-8-15(14)24(2)22-18/h3-4,7-9H,5-6,10-13H2,1-2H3,(H,21,26). The molecule has 26 heavy (non-hydrogen) atoms. The van der Waals surface area contributed by atoms with Gasteiger partial charge in [-0.15, -0.1) is 0 Å². The lowest BCUT2D eigenvalue weighted by Crippen LogP contribution is -2.49. The predicted molar refractivity (Wildman–Crippen MR) is 99.4 cm³/mol. The van der Waals surface area contributed by atoms with Gasteiger partial charge in [-0.2, -0.15) is 5.10 Å². The zero-order valence-corrected chi connectivity index (χ0v) is 15.3. The summed E-state index contributed by atoms with van der Waals surface area (Å²) in [6, 6.07) is 7.75. The molecule has 1 aliphatic carbocycles. The largest absolute Gasteiger partial charge is 0.350 e. The molecule has 0 saturated carbocycles. The maximum Gasteiger partial charge on any atom is 0.272 e. The number of aryl methyl sites for hydroxylation is 1. The fraction of sp³-hybridized carbons (Fsp3) is 0.450. The summed E-state index contributed by atoms with van der Waals surface area (Å²) in [5.74, 6) is 0.0106. The van der Waals surface area contributed by atoms with Crippen molar-refractivity contribution >= 4 is 22.7 Å². The van der Waals surface area contributed by atoms with E-state index in [9.17, 15) is 9.59 Å². The summed E-state index contributed by atoms with van der Waals surface area (Å²) in [6.45, 7) is 0.542. The van der Waals surface area contributed by atoms with Gasteiger partial charge in [0, 0.05) is 43.6 Å². The molecule has 1 unspecified atom stereocenters. The van der Waals surface area contributed by atoms with E-state index in [0.29, 0.717) is 18.7 Å². The monoisotopic (exact) mass is 352 g/mol. The van der Waals surface area contributed by atoms with Gasteiger partial charge in [-0.1, -0.05) is 24.3 Å². The molecule has 1 fully saturated rings. The number of carbonyl (C=O) groups is 2. The maximum absolute atomic E-state index is 12.8. The first-order chi connectivity index (χ1) is 12.5. The van der Waals surface area contributed by atoms with E-state index in [-0.39, 0.29) is 17.2 Å². The number of nitrogens with zero attached hydrogens (tertiary/aromatic N) is 3. The van der Waals surface area contributed by atoms with Crippen LogP contribution in [0.25, 0.3) is 10.9 Å². The predicted octanol–water partition coefficient (Wildman–Crippen LogP) is 2.61. The van der Waals surface area contributed by atoms with Gasteiger partial charge in [0.15, 0.2) is 5.69 Å². The molecule has 2 heterocycles. The molecule has 6 heteroatoms. The Morgan fingerprint density at radius 1 is 1.27 bits per heavy atom. The molecule has 0 bridgehead atoms. The zero-order valence-electron chi connectivity index (χ0n) is 15.3. The Morgan fingerprint density at radius 2 is 2.08 bits per heavy atom. The quantitative estimate of drug-likeness (QED) is 0.923.